The van der Waals surface area contributed by atoms with Gasteiger partial charge in [-0.05, 0) is 104 Å². The van der Waals surface area contributed by atoms with Gasteiger partial charge in [-0.2, -0.15) is 4.90 Å². The van der Waals surface area contributed by atoms with Crippen LogP contribution >= 0.6 is 0 Å². The molecule has 0 aliphatic heterocycles. The molecular weight excluding hydrogens is 657 g/mol. The number of anilines is 2. The van der Waals surface area contributed by atoms with Gasteiger partial charge in [-0.1, -0.05) is 36.4 Å². The molecule has 0 saturated heterocycles. The molecule has 0 fully saturated rings. The smallest absolute Gasteiger partial charge is 0.425 e. The Labute approximate surface area is 298 Å². The minimum Gasteiger partial charge on any atom is -0.490 e. The van der Waals surface area contributed by atoms with E-state index in [1.54, 1.807) is 59.7 Å². The van der Waals surface area contributed by atoms with Crippen LogP contribution in [0.1, 0.15) is 79.5 Å². The van der Waals surface area contributed by atoms with Crippen molar-refractivity contribution in [2.24, 2.45) is 0 Å². The monoisotopic (exact) mass is 703 g/mol. The van der Waals surface area contributed by atoms with Gasteiger partial charge in [0, 0.05) is 17.0 Å². The first-order chi connectivity index (χ1) is 24.0. The van der Waals surface area contributed by atoms with Crippen LogP contribution in [-0.2, 0) is 25.6 Å². The fourth-order valence-corrected chi connectivity index (χ4v) is 4.92. The summed E-state index contributed by atoms with van der Waals surface area (Å²) >= 11 is 0. The van der Waals surface area contributed by atoms with E-state index in [4.69, 9.17) is 23.7 Å². The first kappa shape index (κ1) is 38.4. The van der Waals surface area contributed by atoms with Gasteiger partial charge < -0.3 is 29.0 Å². The van der Waals surface area contributed by atoms with Crippen molar-refractivity contribution in [3.63, 3.8) is 0 Å². The lowest BCUT2D eigenvalue weighted by molar-refractivity contribution is -0.146. The van der Waals surface area contributed by atoms with E-state index in [-0.39, 0.29) is 35.0 Å². The molecule has 3 aromatic carbocycles. The highest BCUT2D eigenvalue weighted by Gasteiger charge is 2.35. The van der Waals surface area contributed by atoms with Crippen molar-refractivity contribution in [1.82, 2.24) is 4.98 Å². The summed E-state index contributed by atoms with van der Waals surface area (Å²) in [6.45, 7) is 15.8. The van der Waals surface area contributed by atoms with Crippen LogP contribution in [0.4, 0.5) is 25.5 Å². The third-order valence-corrected chi connectivity index (χ3v) is 6.95. The van der Waals surface area contributed by atoms with Crippen LogP contribution in [0.5, 0.6) is 11.5 Å². The fraction of sp³-hybridized carbons (Fsp3) is 0.385. The molecule has 1 heterocycles. The van der Waals surface area contributed by atoms with Gasteiger partial charge in [0.25, 0.3) is 0 Å². The first-order valence-electron chi connectivity index (χ1n) is 16.7. The summed E-state index contributed by atoms with van der Waals surface area (Å²) in [4.78, 5) is 45.4. The van der Waals surface area contributed by atoms with Crippen LogP contribution in [0.25, 0.3) is 10.8 Å². The number of ether oxygens (including phenoxy) is 5. The number of hydrogen-bond donors (Lipinski definition) is 1. The van der Waals surface area contributed by atoms with Crippen molar-refractivity contribution >= 4 is 40.4 Å². The highest BCUT2D eigenvalue weighted by atomic mass is 19.1. The zero-order chi connectivity index (χ0) is 37.5. The Morgan fingerprint density at radius 1 is 0.843 bits per heavy atom. The standard InChI is InChI=1S/C39H46FN3O8/c1-10-47-31-22-26(16-19-30(31)49-24(2)3)33(35(44)48-23-25-14-12-11-13-15-25)42-29-18-17-28-27(32(29)40)20-21-41-34(28)43(36(45)50-38(4,5)6)37(46)51-39(7,8)9/h11-22,24,33,42H,10,23H2,1-9H3. The van der Waals surface area contributed by atoms with Gasteiger partial charge in [0.2, 0.25) is 0 Å². The number of fused-ring (bicyclic) bond motifs is 1. The topological polar surface area (TPSA) is 126 Å². The number of esters is 1. The lowest BCUT2D eigenvalue weighted by Crippen LogP contribution is -2.44. The van der Waals surface area contributed by atoms with Gasteiger partial charge >= 0.3 is 18.2 Å². The zero-order valence-corrected chi connectivity index (χ0v) is 30.5. The van der Waals surface area contributed by atoms with E-state index in [9.17, 15) is 14.4 Å². The summed E-state index contributed by atoms with van der Waals surface area (Å²) in [6.07, 6.45) is -0.960. The first-order valence-corrected chi connectivity index (χ1v) is 16.7. The number of pyridine rings is 1. The van der Waals surface area contributed by atoms with Crippen molar-refractivity contribution in [2.75, 3.05) is 16.8 Å². The van der Waals surface area contributed by atoms with Crippen LogP contribution in [0.3, 0.4) is 0 Å². The molecule has 4 rings (SSSR count). The van der Waals surface area contributed by atoms with Gasteiger partial charge in [0.1, 0.15) is 17.8 Å². The van der Waals surface area contributed by atoms with E-state index in [0.29, 0.717) is 28.6 Å². The molecule has 0 saturated carbocycles. The van der Waals surface area contributed by atoms with Crippen LogP contribution in [0, 0.1) is 5.82 Å². The second-order valence-electron chi connectivity index (χ2n) is 13.9. The van der Waals surface area contributed by atoms with Crippen molar-refractivity contribution in [2.45, 2.75) is 92.3 Å². The molecule has 1 aromatic heterocycles. The molecule has 51 heavy (non-hydrogen) atoms. The predicted octanol–water partition coefficient (Wildman–Crippen LogP) is 9.13. The molecule has 11 nitrogen and oxygen atoms in total. The Bertz CT molecular complexity index is 1820. The van der Waals surface area contributed by atoms with Crippen molar-refractivity contribution in [3.8, 4) is 11.5 Å². The van der Waals surface area contributed by atoms with E-state index in [1.165, 1.54) is 24.4 Å². The fourth-order valence-electron chi connectivity index (χ4n) is 4.92. The van der Waals surface area contributed by atoms with Crippen LogP contribution in [0.2, 0.25) is 0 Å². The van der Waals surface area contributed by atoms with Crippen LogP contribution < -0.4 is 19.7 Å². The second-order valence-corrected chi connectivity index (χ2v) is 13.9. The molecule has 12 heteroatoms. The second kappa shape index (κ2) is 16.1. The van der Waals surface area contributed by atoms with Crippen molar-refractivity contribution in [3.05, 3.63) is 89.9 Å². The molecule has 0 radical (unpaired) electrons. The zero-order valence-electron chi connectivity index (χ0n) is 30.5. The van der Waals surface area contributed by atoms with Gasteiger partial charge in [-0.15, -0.1) is 0 Å². The van der Waals surface area contributed by atoms with Crippen molar-refractivity contribution < 1.29 is 42.5 Å². The van der Waals surface area contributed by atoms with E-state index in [2.05, 4.69) is 10.3 Å². The molecule has 0 bridgehead atoms. The number of carbonyl (C=O) groups excluding carboxylic acids is 3. The number of nitrogens with zero attached hydrogens (tertiary/aromatic N) is 2. The van der Waals surface area contributed by atoms with E-state index in [0.717, 1.165) is 5.56 Å². The molecule has 1 atom stereocenters. The Balaban J connectivity index is 1.78. The normalized spacial score (nSPS) is 12.2. The molecule has 1 N–H and O–H groups in total. The number of aromatic nitrogens is 1. The quantitative estimate of drug-likeness (QED) is 0.119. The molecular formula is C39H46FN3O8. The molecule has 2 amide bonds. The summed E-state index contributed by atoms with van der Waals surface area (Å²) in [5, 5.41) is 3.14. The highest BCUT2D eigenvalue weighted by Crippen LogP contribution is 2.36. The highest BCUT2D eigenvalue weighted by molar-refractivity contribution is 6.14. The maximum Gasteiger partial charge on any atom is 0.425 e. The van der Waals surface area contributed by atoms with Gasteiger partial charge in [0.05, 0.1) is 18.4 Å². The molecule has 0 aliphatic carbocycles. The van der Waals surface area contributed by atoms with Crippen LogP contribution in [0.15, 0.2) is 72.9 Å². The molecule has 0 aliphatic rings. The largest absolute Gasteiger partial charge is 0.490 e. The number of amides is 2. The number of benzene rings is 3. The van der Waals surface area contributed by atoms with Gasteiger partial charge in [0.15, 0.2) is 29.2 Å². The Morgan fingerprint density at radius 3 is 2.08 bits per heavy atom. The summed E-state index contributed by atoms with van der Waals surface area (Å²) < 4.78 is 45.0. The minimum atomic E-state index is -1.19. The third-order valence-electron chi connectivity index (χ3n) is 6.95. The molecule has 0 spiro atoms. The van der Waals surface area contributed by atoms with Crippen LogP contribution in [-0.4, -0.2) is 47.1 Å². The minimum absolute atomic E-state index is 0.00852. The maximum absolute atomic E-state index is 16.5. The predicted molar refractivity (Wildman–Crippen MR) is 193 cm³/mol. The molecule has 4 aromatic rings. The molecule has 1 unspecified atom stereocenters. The number of imide groups is 1. The van der Waals surface area contributed by atoms with E-state index >= 15 is 4.39 Å². The van der Waals surface area contributed by atoms with Crippen molar-refractivity contribution in [1.29, 1.82) is 0 Å². The van der Waals surface area contributed by atoms with E-state index < -0.39 is 41.2 Å². The lowest BCUT2D eigenvalue weighted by atomic mass is 10.0. The summed E-state index contributed by atoms with van der Waals surface area (Å²) in [6, 6.07) is 17.3. The Kier molecular flexibility index (Phi) is 12.1. The number of nitrogens with one attached hydrogen (secondary N) is 1. The third kappa shape index (κ3) is 10.3. The number of halogens is 1. The average molecular weight is 704 g/mol. The Hall–Kier alpha value is -5.39. The average Bonchev–Trinajstić information content (AvgIpc) is 3.03. The Morgan fingerprint density at radius 2 is 1.49 bits per heavy atom. The summed E-state index contributed by atoms with van der Waals surface area (Å²) in [5.74, 6) is -0.735. The van der Waals surface area contributed by atoms with E-state index in [1.807, 2.05) is 51.1 Å². The van der Waals surface area contributed by atoms with Gasteiger partial charge in [-0.3, -0.25) is 0 Å². The SMILES string of the molecule is CCOc1cc(C(Nc2ccc3c(N(C(=O)OC(C)(C)C)C(=O)OC(C)(C)C)nccc3c2F)C(=O)OCc2ccccc2)ccc1OC(C)C. The maximum atomic E-state index is 16.5. The number of rotatable bonds is 11. The number of hydrogen-bond acceptors (Lipinski definition) is 10. The number of carbonyl (C=O) groups is 3. The summed E-state index contributed by atoms with van der Waals surface area (Å²) in [7, 11) is 0. The summed E-state index contributed by atoms with van der Waals surface area (Å²) in [5.41, 5.74) is -0.770. The lowest BCUT2D eigenvalue weighted by Gasteiger charge is -2.28. The molecule has 272 valence electrons. The van der Waals surface area contributed by atoms with Gasteiger partial charge in [-0.25, -0.2) is 23.8 Å².